The summed E-state index contributed by atoms with van der Waals surface area (Å²) in [6.45, 7) is 4.25. The van der Waals surface area contributed by atoms with Gasteiger partial charge in [-0.1, -0.05) is 41.9 Å². The van der Waals surface area contributed by atoms with Gasteiger partial charge >= 0.3 is 0 Å². The number of hydrogen-bond donors (Lipinski definition) is 3. The molecule has 0 saturated carbocycles. The average molecular weight is 498 g/mol. The summed E-state index contributed by atoms with van der Waals surface area (Å²) in [5.74, 6) is 1.82. The molecule has 0 saturated heterocycles. The largest absolute Gasteiger partial charge is 0.357 e. The Balaban J connectivity index is 0.00000261. The molecule has 144 valence electrons. The number of aliphatic imine (C=N–C) groups is 1. The van der Waals surface area contributed by atoms with Gasteiger partial charge in [0, 0.05) is 24.5 Å². The Morgan fingerprint density at radius 2 is 1.89 bits per heavy atom. The molecule has 3 aromatic rings. The van der Waals surface area contributed by atoms with E-state index in [2.05, 4.69) is 38.6 Å². The number of hydrogen-bond acceptors (Lipinski definition) is 2. The van der Waals surface area contributed by atoms with E-state index in [4.69, 9.17) is 11.6 Å². The van der Waals surface area contributed by atoms with Crippen molar-refractivity contribution >= 4 is 52.6 Å². The lowest BCUT2D eigenvalue weighted by Crippen LogP contribution is -2.37. The molecular weight excluding hydrogens is 473 g/mol. The highest BCUT2D eigenvalue weighted by Crippen LogP contribution is 2.15. The van der Waals surface area contributed by atoms with Gasteiger partial charge in [0.15, 0.2) is 5.96 Å². The van der Waals surface area contributed by atoms with E-state index in [1.54, 1.807) is 0 Å². The number of para-hydroxylation sites is 2. The van der Waals surface area contributed by atoms with Crippen LogP contribution in [0.4, 0.5) is 0 Å². The van der Waals surface area contributed by atoms with Crippen molar-refractivity contribution < 1.29 is 0 Å². The number of aromatic nitrogens is 2. The summed E-state index contributed by atoms with van der Waals surface area (Å²) >= 11 is 6.19. The monoisotopic (exact) mass is 497 g/mol. The molecule has 1 heterocycles. The molecule has 0 bridgehead atoms. The number of guanidine groups is 1. The first kappa shape index (κ1) is 21.5. The lowest BCUT2D eigenvalue weighted by Gasteiger charge is -2.11. The molecule has 0 aliphatic rings. The second kappa shape index (κ2) is 11.1. The van der Waals surface area contributed by atoms with Crippen molar-refractivity contribution in [1.82, 2.24) is 20.6 Å². The Morgan fingerprint density at radius 3 is 2.67 bits per heavy atom. The Morgan fingerprint density at radius 1 is 1.11 bits per heavy atom. The average Bonchev–Trinajstić information content (AvgIpc) is 3.07. The maximum absolute atomic E-state index is 6.19. The van der Waals surface area contributed by atoms with Gasteiger partial charge in [0.25, 0.3) is 0 Å². The van der Waals surface area contributed by atoms with Crippen LogP contribution in [0.3, 0.4) is 0 Å². The summed E-state index contributed by atoms with van der Waals surface area (Å²) < 4.78 is 0. The topological polar surface area (TPSA) is 65.1 Å². The van der Waals surface area contributed by atoms with Crippen molar-refractivity contribution in [2.24, 2.45) is 4.99 Å². The number of fused-ring (bicyclic) bond motifs is 1. The van der Waals surface area contributed by atoms with Gasteiger partial charge in [0.05, 0.1) is 17.6 Å². The van der Waals surface area contributed by atoms with E-state index in [-0.39, 0.29) is 24.0 Å². The van der Waals surface area contributed by atoms with Crippen molar-refractivity contribution in [3.05, 3.63) is 64.9 Å². The third-order valence-corrected chi connectivity index (χ3v) is 4.40. The normalized spacial score (nSPS) is 11.3. The highest BCUT2D eigenvalue weighted by atomic mass is 127. The Labute approximate surface area is 182 Å². The fraction of sp³-hybridized carbons (Fsp3) is 0.300. The molecule has 0 amide bonds. The van der Waals surface area contributed by atoms with Crippen LogP contribution in [0, 0.1) is 0 Å². The van der Waals surface area contributed by atoms with E-state index < -0.39 is 0 Å². The number of rotatable bonds is 7. The summed E-state index contributed by atoms with van der Waals surface area (Å²) in [6.07, 6.45) is 1.86. The molecule has 3 rings (SSSR count). The molecule has 1 aromatic heterocycles. The molecule has 27 heavy (non-hydrogen) atoms. The van der Waals surface area contributed by atoms with Gasteiger partial charge in [-0.15, -0.1) is 24.0 Å². The van der Waals surface area contributed by atoms with Crippen LogP contribution in [0.1, 0.15) is 24.7 Å². The highest BCUT2D eigenvalue weighted by Gasteiger charge is 2.03. The number of aryl methyl sites for hydroxylation is 1. The van der Waals surface area contributed by atoms with Crippen LogP contribution in [0.25, 0.3) is 11.0 Å². The fourth-order valence-electron chi connectivity index (χ4n) is 2.72. The summed E-state index contributed by atoms with van der Waals surface area (Å²) in [5.41, 5.74) is 3.13. The lowest BCUT2D eigenvalue weighted by molar-refractivity contribution is 0.727. The number of imidazole rings is 1. The molecule has 0 atom stereocenters. The van der Waals surface area contributed by atoms with Gasteiger partial charge in [0.2, 0.25) is 0 Å². The number of H-pyrrole nitrogens is 1. The van der Waals surface area contributed by atoms with Gasteiger partial charge in [-0.05, 0) is 37.1 Å². The predicted octanol–water partition coefficient (Wildman–Crippen LogP) is 4.52. The maximum atomic E-state index is 6.19. The number of nitrogens with zero attached hydrogens (tertiary/aromatic N) is 2. The van der Waals surface area contributed by atoms with Crippen molar-refractivity contribution in [3.8, 4) is 0 Å². The maximum Gasteiger partial charge on any atom is 0.191 e. The summed E-state index contributed by atoms with van der Waals surface area (Å²) in [4.78, 5) is 12.6. The third-order valence-electron chi connectivity index (χ3n) is 4.03. The summed E-state index contributed by atoms with van der Waals surface area (Å²) in [6, 6.07) is 15.9. The zero-order valence-electron chi connectivity index (χ0n) is 15.3. The van der Waals surface area contributed by atoms with E-state index in [9.17, 15) is 0 Å². The molecule has 7 heteroatoms. The minimum atomic E-state index is 0. The van der Waals surface area contributed by atoms with Gasteiger partial charge in [-0.25, -0.2) is 9.98 Å². The quantitative estimate of drug-likeness (QED) is 0.195. The highest BCUT2D eigenvalue weighted by molar-refractivity contribution is 14.0. The lowest BCUT2D eigenvalue weighted by atomic mass is 10.2. The number of aromatic amines is 1. The SMILES string of the molecule is CCNC(=NCc1ccccc1Cl)NCCCc1nc2ccccc2[nH]1.I. The Hall–Kier alpha value is -1.80. The minimum absolute atomic E-state index is 0. The molecular formula is C20H25ClIN5. The van der Waals surface area contributed by atoms with E-state index in [0.717, 1.165) is 59.3 Å². The van der Waals surface area contributed by atoms with Crippen LogP contribution in [0.15, 0.2) is 53.5 Å². The van der Waals surface area contributed by atoms with Gasteiger partial charge in [0.1, 0.15) is 5.82 Å². The van der Waals surface area contributed by atoms with Crippen molar-refractivity contribution in [2.45, 2.75) is 26.3 Å². The molecule has 2 aromatic carbocycles. The molecule has 0 fully saturated rings. The van der Waals surface area contributed by atoms with E-state index in [1.807, 2.05) is 42.5 Å². The van der Waals surface area contributed by atoms with Gasteiger partial charge in [-0.3, -0.25) is 0 Å². The van der Waals surface area contributed by atoms with E-state index in [0.29, 0.717) is 6.54 Å². The van der Waals surface area contributed by atoms with E-state index >= 15 is 0 Å². The zero-order chi connectivity index (χ0) is 18.2. The van der Waals surface area contributed by atoms with Crippen molar-refractivity contribution in [2.75, 3.05) is 13.1 Å². The van der Waals surface area contributed by atoms with Gasteiger partial charge < -0.3 is 15.6 Å². The first-order valence-corrected chi connectivity index (χ1v) is 9.33. The number of benzene rings is 2. The second-order valence-corrected chi connectivity index (χ2v) is 6.42. The molecule has 0 radical (unpaired) electrons. The van der Waals surface area contributed by atoms with Crippen LogP contribution in [0.2, 0.25) is 5.02 Å². The standard InChI is InChI=1S/C20H24ClN5.HI/c1-2-22-20(24-14-15-8-3-4-9-16(15)21)23-13-7-12-19-25-17-10-5-6-11-18(17)26-19;/h3-6,8-11H,2,7,12-14H2,1H3,(H,25,26)(H2,22,23,24);1H. The predicted molar refractivity (Wildman–Crippen MR) is 124 cm³/mol. The minimum Gasteiger partial charge on any atom is -0.357 e. The summed E-state index contributed by atoms with van der Waals surface area (Å²) in [5, 5.41) is 7.38. The van der Waals surface area contributed by atoms with Crippen LogP contribution in [0.5, 0.6) is 0 Å². The van der Waals surface area contributed by atoms with Crippen LogP contribution in [-0.4, -0.2) is 29.0 Å². The van der Waals surface area contributed by atoms with Crippen LogP contribution in [-0.2, 0) is 13.0 Å². The number of halogens is 2. The third kappa shape index (κ3) is 6.39. The van der Waals surface area contributed by atoms with Gasteiger partial charge in [-0.2, -0.15) is 0 Å². The first-order valence-electron chi connectivity index (χ1n) is 8.95. The van der Waals surface area contributed by atoms with Crippen LogP contribution < -0.4 is 10.6 Å². The number of nitrogens with one attached hydrogen (secondary N) is 3. The summed E-state index contributed by atoms with van der Waals surface area (Å²) in [7, 11) is 0. The molecule has 0 unspecified atom stereocenters. The van der Waals surface area contributed by atoms with Crippen LogP contribution >= 0.6 is 35.6 Å². The first-order chi connectivity index (χ1) is 12.8. The molecule has 0 aliphatic heterocycles. The molecule has 5 nitrogen and oxygen atoms in total. The fourth-order valence-corrected chi connectivity index (χ4v) is 2.91. The molecule has 0 spiro atoms. The molecule has 3 N–H and O–H groups in total. The smallest absolute Gasteiger partial charge is 0.191 e. The Kier molecular flexibility index (Phi) is 8.87. The second-order valence-electron chi connectivity index (χ2n) is 6.02. The Bertz CT molecular complexity index is 844. The van der Waals surface area contributed by atoms with Crippen molar-refractivity contribution in [1.29, 1.82) is 0 Å². The van der Waals surface area contributed by atoms with E-state index in [1.165, 1.54) is 0 Å². The van der Waals surface area contributed by atoms with Crippen molar-refractivity contribution in [3.63, 3.8) is 0 Å². The molecule has 0 aliphatic carbocycles. The zero-order valence-corrected chi connectivity index (χ0v) is 18.4.